The van der Waals surface area contributed by atoms with Crippen LogP contribution in [-0.4, -0.2) is 6.61 Å². The van der Waals surface area contributed by atoms with Crippen molar-refractivity contribution in [2.75, 3.05) is 6.61 Å². The largest absolute Gasteiger partial charge is 0.490 e. The second-order valence-corrected chi connectivity index (χ2v) is 8.01. The van der Waals surface area contributed by atoms with Gasteiger partial charge in [0.05, 0.1) is 6.61 Å². The highest BCUT2D eigenvalue weighted by Gasteiger charge is 2.27. The van der Waals surface area contributed by atoms with Crippen LogP contribution in [0, 0.1) is 23.5 Å². The molecule has 0 radical (unpaired) electrons. The smallest absolute Gasteiger partial charge is 0.200 e. The second-order valence-electron chi connectivity index (χ2n) is 8.01. The summed E-state index contributed by atoms with van der Waals surface area (Å²) in [5.74, 6) is 0.208. The van der Waals surface area contributed by atoms with Crippen molar-refractivity contribution in [3.05, 3.63) is 41.0 Å². The van der Waals surface area contributed by atoms with Gasteiger partial charge >= 0.3 is 0 Å². The van der Waals surface area contributed by atoms with Gasteiger partial charge in [0.15, 0.2) is 11.6 Å². The summed E-state index contributed by atoms with van der Waals surface area (Å²) in [6.45, 7) is 4.65. The summed E-state index contributed by atoms with van der Waals surface area (Å²) >= 11 is 0. The summed E-state index contributed by atoms with van der Waals surface area (Å²) in [7, 11) is 0. The van der Waals surface area contributed by atoms with Gasteiger partial charge < -0.3 is 4.74 Å². The quantitative estimate of drug-likeness (QED) is 0.488. The molecule has 0 aromatic heterocycles. The van der Waals surface area contributed by atoms with Crippen molar-refractivity contribution in [2.45, 2.75) is 77.6 Å². The summed E-state index contributed by atoms with van der Waals surface area (Å²) < 4.78 is 34.1. The van der Waals surface area contributed by atoms with E-state index in [1.54, 1.807) is 17.7 Å². The van der Waals surface area contributed by atoms with Crippen molar-refractivity contribution in [1.82, 2.24) is 0 Å². The highest BCUT2D eigenvalue weighted by atomic mass is 19.2. The lowest BCUT2D eigenvalue weighted by Gasteiger charge is -2.32. The molecule has 0 saturated heterocycles. The Morgan fingerprint density at radius 1 is 0.962 bits per heavy atom. The Bertz CT molecular complexity index is 629. The molecule has 26 heavy (non-hydrogen) atoms. The highest BCUT2D eigenvalue weighted by Crippen LogP contribution is 2.42. The molecule has 1 fully saturated rings. The first-order valence-corrected chi connectivity index (χ1v) is 10.4. The minimum Gasteiger partial charge on any atom is -0.490 e. The number of hydrogen-bond acceptors (Lipinski definition) is 1. The van der Waals surface area contributed by atoms with Gasteiger partial charge in [-0.05, 0) is 80.8 Å². The lowest BCUT2D eigenvalue weighted by atomic mass is 9.73. The summed E-state index contributed by atoms with van der Waals surface area (Å²) in [4.78, 5) is 0. The molecule has 1 aromatic carbocycles. The van der Waals surface area contributed by atoms with Crippen LogP contribution in [0.3, 0.4) is 0 Å². The van der Waals surface area contributed by atoms with Gasteiger partial charge in [-0.2, -0.15) is 4.39 Å². The third-order valence-electron chi connectivity index (χ3n) is 6.37. The van der Waals surface area contributed by atoms with E-state index in [2.05, 4.69) is 13.0 Å². The molecule has 1 aromatic rings. The third kappa shape index (κ3) is 4.29. The molecule has 3 heteroatoms. The molecule has 0 N–H and O–H groups in total. The molecule has 1 saturated carbocycles. The minimum absolute atomic E-state index is 0.0350. The Kier molecular flexibility index (Phi) is 6.72. The maximum Gasteiger partial charge on any atom is 0.200 e. The first-order chi connectivity index (χ1) is 12.6. The lowest BCUT2D eigenvalue weighted by molar-refractivity contribution is 0.286. The van der Waals surface area contributed by atoms with Crippen molar-refractivity contribution in [3.63, 3.8) is 0 Å². The number of benzene rings is 1. The van der Waals surface area contributed by atoms with Gasteiger partial charge in [0.2, 0.25) is 5.82 Å². The Balaban J connectivity index is 1.64. The van der Waals surface area contributed by atoms with E-state index in [9.17, 15) is 8.78 Å². The van der Waals surface area contributed by atoms with Crippen LogP contribution in [0.15, 0.2) is 23.8 Å². The normalized spacial score (nSPS) is 26.5. The average molecular weight is 363 g/mol. The Labute approximate surface area is 156 Å². The molecule has 2 aliphatic carbocycles. The van der Waals surface area contributed by atoms with E-state index in [1.807, 2.05) is 6.92 Å². The number of halogens is 2. The summed E-state index contributed by atoms with van der Waals surface area (Å²) in [6, 6.07) is 3.31. The van der Waals surface area contributed by atoms with Crippen molar-refractivity contribution >= 4 is 0 Å². The molecule has 3 rings (SSSR count). The summed E-state index contributed by atoms with van der Waals surface area (Å²) in [5, 5.41) is 0. The van der Waals surface area contributed by atoms with Crippen molar-refractivity contribution in [3.8, 4) is 5.75 Å². The third-order valence-corrected chi connectivity index (χ3v) is 6.37. The van der Waals surface area contributed by atoms with Crippen LogP contribution >= 0.6 is 0 Å². The second kappa shape index (κ2) is 9.01. The fraction of sp³-hybridized carbons (Fsp3) is 0.652. The predicted octanol–water partition coefficient (Wildman–Crippen LogP) is 7.16. The number of hydrogen-bond donors (Lipinski definition) is 0. The predicted molar refractivity (Wildman–Crippen MR) is 103 cm³/mol. The summed E-state index contributed by atoms with van der Waals surface area (Å²) in [6.07, 6.45) is 12.5. The van der Waals surface area contributed by atoms with Crippen LogP contribution in [0.5, 0.6) is 5.75 Å². The molecule has 1 unspecified atom stereocenters. The van der Waals surface area contributed by atoms with Gasteiger partial charge in [0.1, 0.15) is 0 Å². The van der Waals surface area contributed by atoms with Gasteiger partial charge in [-0.15, -0.1) is 0 Å². The van der Waals surface area contributed by atoms with Crippen molar-refractivity contribution in [2.24, 2.45) is 11.8 Å². The zero-order chi connectivity index (χ0) is 18.5. The van der Waals surface area contributed by atoms with Gasteiger partial charge in [0, 0.05) is 0 Å². The van der Waals surface area contributed by atoms with Crippen LogP contribution < -0.4 is 4.74 Å². The van der Waals surface area contributed by atoms with Crippen LogP contribution in [0.2, 0.25) is 0 Å². The SMILES string of the molecule is CCCOc1ccc(C2CC=C(C3CCC(CC)CC3)CC2)c(F)c1F. The van der Waals surface area contributed by atoms with Crippen LogP contribution in [-0.2, 0) is 0 Å². The Hall–Kier alpha value is -1.38. The maximum atomic E-state index is 14.5. The topological polar surface area (TPSA) is 9.23 Å². The fourth-order valence-corrected chi connectivity index (χ4v) is 4.63. The van der Waals surface area contributed by atoms with E-state index >= 15 is 0 Å². The molecule has 2 aliphatic rings. The molecule has 0 aliphatic heterocycles. The maximum absolute atomic E-state index is 14.5. The zero-order valence-corrected chi connectivity index (χ0v) is 16.2. The average Bonchev–Trinajstić information content (AvgIpc) is 2.69. The van der Waals surface area contributed by atoms with E-state index in [0.29, 0.717) is 12.2 Å². The number of allylic oxidation sites excluding steroid dienone is 2. The van der Waals surface area contributed by atoms with Crippen LogP contribution in [0.1, 0.15) is 83.1 Å². The van der Waals surface area contributed by atoms with E-state index in [-0.39, 0.29) is 11.7 Å². The fourth-order valence-electron chi connectivity index (χ4n) is 4.63. The first kappa shape index (κ1) is 19.4. The monoisotopic (exact) mass is 362 g/mol. The van der Waals surface area contributed by atoms with Gasteiger partial charge in [-0.3, -0.25) is 0 Å². The molecular formula is C23H32F2O. The van der Waals surface area contributed by atoms with Crippen molar-refractivity contribution in [1.29, 1.82) is 0 Å². The van der Waals surface area contributed by atoms with Crippen molar-refractivity contribution < 1.29 is 13.5 Å². The van der Waals surface area contributed by atoms with Gasteiger partial charge in [-0.1, -0.05) is 38.0 Å². The molecule has 1 nitrogen and oxygen atoms in total. The molecule has 0 bridgehead atoms. The van der Waals surface area contributed by atoms with E-state index in [4.69, 9.17) is 4.74 Å². The number of ether oxygens (including phenoxy) is 1. The molecule has 0 heterocycles. The minimum atomic E-state index is -0.830. The first-order valence-electron chi connectivity index (χ1n) is 10.4. The molecular weight excluding hydrogens is 330 g/mol. The van der Waals surface area contributed by atoms with E-state index in [1.165, 1.54) is 32.1 Å². The van der Waals surface area contributed by atoms with Crippen LogP contribution in [0.4, 0.5) is 8.78 Å². The van der Waals surface area contributed by atoms with Gasteiger partial charge in [0.25, 0.3) is 0 Å². The number of rotatable bonds is 6. The molecule has 0 spiro atoms. The Morgan fingerprint density at radius 2 is 1.73 bits per heavy atom. The molecule has 1 atom stereocenters. The molecule has 144 valence electrons. The highest BCUT2D eigenvalue weighted by molar-refractivity contribution is 5.34. The lowest BCUT2D eigenvalue weighted by Crippen LogP contribution is -2.18. The summed E-state index contributed by atoms with van der Waals surface area (Å²) in [5.41, 5.74) is 2.08. The standard InChI is InChI=1S/C23H32F2O/c1-3-15-26-21-14-13-20(22(24)23(21)25)19-11-9-18(10-12-19)17-7-5-16(4-2)6-8-17/h9,13-14,16-17,19H,3-8,10-12,15H2,1-2H3. The Morgan fingerprint density at radius 3 is 2.35 bits per heavy atom. The van der Waals surface area contributed by atoms with Gasteiger partial charge in [-0.25, -0.2) is 4.39 Å². The van der Waals surface area contributed by atoms with Crippen LogP contribution in [0.25, 0.3) is 0 Å². The van der Waals surface area contributed by atoms with E-state index in [0.717, 1.165) is 37.5 Å². The zero-order valence-electron chi connectivity index (χ0n) is 16.2. The molecule has 0 amide bonds. The van der Waals surface area contributed by atoms with E-state index < -0.39 is 11.6 Å².